The average Bonchev–Trinajstić information content (AvgIpc) is 2.22. The van der Waals surface area contributed by atoms with Gasteiger partial charge in [0, 0.05) is 20.6 Å². The molecule has 0 aliphatic rings. The van der Waals surface area contributed by atoms with E-state index < -0.39 is 5.60 Å². The first-order valence-electron chi connectivity index (χ1n) is 5.77. The van der Waals surface area contributed by atoms with Gasteiger partial charge in [0.25, 0.3) is 0 Å². The normalized spacial score (nSPS) is 16.0. The summed E-state index contributed by atoms with van der Waals surface area (Å²) < 4.78 is 10.2. The Kier molecular flexibility index (Phi) is 7.14. The Morgan fingerprint density at radius 1 is 1.07 bits per heavy atom. The minimum atomic E-state index is -0.701. The molecule has 0 aromatic carbocycles. The van der Waals surface area contributed by atoms with E-state index in [9.17, 15) is 5.11 Å². The molecule has 92 valence electrons. The van der Waals surface area contributed by atoms with Gasteiger partial charge in [-0.2, -0.15) is 0 Å². The third-order valence-corrected chi connectivity index (χ3v) is 3.02. The predicted octanol–water partition coefficient (Wildman–Crippen LogP) is 2.57. The first-order chi connectivity index (χ1) is 6.99. The summed E-state index contributed by atoms with van der Waals surface area (Å²) >= 11 is 0. The Bertz CT molecular complexity index is 133. The van der Waals surface area contributed by atoms with E-state index >= 15 is 0 Å². The number of ether oxygens (including phenoxy) is 2. The molecule has 0 fully saturated rings. The summed E-state index contributed by atoms with van der Waals surface area (Å²) in [5, 5.41) is 10.2. The maximum absolute atomic E-state index is 10.2. The van der Waals surface area contributed by atoms with Gasteiger partial charge in [-0.15, -0.1) is 0 Å². The highest BCUT2D eigenvalue weighted by atomic mass is 16.7. The van der Waals surface area contributed by atoms with Crippen molar-refractivity contribution in [2.75, 3.05) is 14.2 Å². The Balaban J connectivity index is 4.14. The van der Waals surface area contributed by atoms with Crippen LogP contribution < -0.4 is 0 Å². The lowest BCUT2D eigenvalue weighted by atomic mass is 9.86. The Hall–Kier alpha value is -0.120. The summed E-state index contributed by atoms with van der Waals surface area (Å²) in [5.74, 6) is 0.578. The molecule has 0 aliphatic heterocycles. The van der Waals surface area contributed by atoms with E-state index in [-0.39, 0.29) is 6.29 Å². The van der Waals surface area contributed by atoms with Gasteiger partial charge in [-0.05, 0) is 19.3 Å². The Morgan fingerprint density at radius 3 is 1.87 bits per heavy atom. The fourth-order valence-corrected chi connectivity index (χ4v) is 1.90. The Morgan fingerprint density at radius 2 is 1.53 bits per heavy atom. The third-order valence-electron chi connectivity index (χ3n) is 3.02. The molecule has 3 nitrogen and oxygen atoms in total. The minimum Gasteiger partial charge on any atom is -0.390 e. The van der Waals surface area contributed by atoms with Gasteiger partial charge in [0.15, 0.2) is 6.29 Å². The van der Waals surface area contributed by atoms with Crippen molar-refractivity contribution in [2.45, 2.75) is 58.3 Å². The smallest absolute Gasteiger partial charge is 0.159 e. The molecule has 1 atom stereocenters. The molecule has 3 heteroatoms. The van der Waals surface area contributed by atoms with Crippen LogP contribution in [0.4, 0.5) is 0 Å². The molecule has 0 radical (unpaired) electrons. The zero-order valence-electron chi connectivity index (χ0n) is 10.7. The molecule has 0 heterocycles. The van der Waals surface area contributed by atoms with E-state index in [0.717, 1.165) is 19.3 Å². The highest BCUT2D eigenvalue weighted by Gasteiger charge is 2.27. The zero-order valence-corrected chi connectivity index (χ0v) is 10.7. The van der Waals surface area contributed by atoms with Gasteiger partial charge in [0.2, 0.25) is 0 Å². The quantitative estimate of drug-likeness (QED) is 0.636. The van der Waals surface area contributed by atoms with Crippen LogP contribution in [0.5, 0.6) is 0 Å². The van der Waals surface area contributed by atoms with Crippen LogP contribution in [-0.4, -0.2) is 31.2 Å². The van der Waals surface area contributed by atoms with Gasteiger partial charge >= 0.3 is 0 Å². The van der Waals surface area contributed by atoms with Crippen molar-refractivity contribution >= 4 is 0 Å². The number of hydrogen-bond acceptors (Lipinski definition) is 3. The lowest BCUT2D eigenvalue weighted by Gasteiger charge is -2.30. The van der Waals surface area contributed by atoms with E-state index in [1.165, 1.54) is 0 Å². The van der Waals surface area contributed by atoms with Crippen LogP contribution in [0, 0.1) is 5.92 Å². The molecule has 0 aromatic heterocycles. The fraction of sp³-hybridized carbons (Fsp3) is 1.00. The molecule has 1 unspecified atom stereocenters. The van der Waals surface area contributed by atoms with Crippen molar-refractivity contribution in [1.29, 1.82) is 0 Å². The minimum absolute atomic E-state index is 0.311. The largest absolute Gasteiger partial charge is 0.390 e. The molecule has 0 saturated heterocycles. The van der Waals surface area contributed by atoms with Crippen LogP contribution in [-0.2, 0) is 9.47 Å². The maximum Gasteiger partial charge on any atom is 0.159 e. The second-order valence-electron chi connectivity index (χ2n) is 4.49. The van der Waals surface area contributed by atoms with E-state index in [0.29, 0.717) is 12.3 Å². The predicted molar refractivity (Wildman–Crippen MR) is 61.7 cm³/mol. The number of hydrogen-bond donors (Lipinski definition) is 1. The number of aliphatic hydroxyl groups is 1. The van der Waals surface area contributed by atoms with E-state index in [1.54, 1.807) is 14.2 Å². The second kappa shape index (κ2) is 7.20. The highest BCUT2D eigenvalue weighted by molar-refractivity contribution is 4.77. The molecule has 0 rings (SSSR count). The standard InChI is InChI=1S/C12H26O3/c1-6-10(7-2)8-12(3,13)9-11(14-4)15-5/h10-11,13H,6-9H2,1-5H3. The molecule has 0 aliphatic carbocycles. The summed E-state index contributed by atoms with van der Waals surface area (Å²) in [6.45, 7) is 6.18. The lowest BCUT2D eigenvalue weighted by Crippen LogP contribution is -2.33. The lowest BCUT2D eigenvalue weighted by molar-refractivity contribution is -0.143. The molecule has 0 saturated carbocycles. The first kappa shape index (κ1) is 14.9. The van der Waals surface area contributed by atoms with Gasteiger partial charge in [-0.1, -0.05) is 26.7 Å². The fourth-order valence-electron chi connectivity index (χ4n) is 1.90. The summed E-state index contributed by atoms with van der Waals surface area (Å²) in [6.07, 6.45) is 3.24. The first-order valence-corrected chi connectivity index (χ1v) is 5.77. The van der Waals surface area contributed by atoms with Crippen LogP contribution in [0.15, 0.2) is 0 Å². The van der Waals surface area contributed by atoms with Gasteiger partial charge in [0.1, 0.15) is 0 Å². The molecule has 15 heavy (non-hydrogen) atoms. The number of methoxy groups -OCH3 is 2. The van der Waals surface area contributed by atoms with Crippen LogP contribution in [0.1, 0.15) is 46.5 Å². The summed E-state index contributed by atoms with van der Waals surface area (Å²) in [5.41, 5.74) is -0.701. The van der Waals surface area contributed by atoms with E-state index in [4.69, 9.17) is 9.47 Å². The van der Waals surface area contributed by atoms with E-state index in [2.05, 4.69) is 13.8 Å². The van der Waals surface area contributed by atoms with Gasteiger partial charge in [-0.3, -0.25) is 0 Å². The highest BCUT2D eigenvalue weighted by Crippen LogP contribution is 2.26. The molecule has 0 spiro atoms. The third kappa shape index (κ3) is 6.13. The zero-order chi connectivity index (χ0) is 11.9. The molecule has 0 aromatic rings. The second-order valence-corrected chi connectivity index (χ2v) is 4.49. The maximum atomic E-state index is 10.2. The summed E-state index contributed by atoms with van der Waals surface area (Å²) in [7, 11) is 3.20. The molecule has 1 N–H and O–H groups in total. The van der Waals surface area contributed by atoms with Crippen molar-refractivity contribution in [3.05, 3.63) is 0 Å². The monoisotopic (exact) mass is 218 g/mol. The average molecular weight is 218 g/mol. The van der Waals surface area contributed by atoms with Crippen molar-refractivity contribution in [3.63, 3.8) is 0 Å². The van der Waals surface area contributed by atoms with Crippen LogP contribution >= 0.6 is 0 Å². The summed E-state index contributed by atoms with van der Waals surface area (Å²) in [6, 6.07) is 0. The van der Waals surface area contributed by atoms with Gasteiger partial charge < -0.3 is 14.6 Å². The molecule has 0 bridgehead atoms. The van der Waals surface area contributed by atoms with Crippen molar-refractivity contribution in [3.8, 4) is 0 Å². The molecular formula is C12H26O3. The van der Waals surface area contributed by atoms with Crippen LogP contribution in [0.25, 0.3) is 0 Å². The Labute approximate surface area is 93.8 Å². The molecular weight excluding hydrogens is 192 g/mol. The number of rotatable bonds is 8. The van der Waals surface area contributed by atoms with Crippen molar-refractivity contribution in [2.24, 2.45) is 5.92 Å². The van der Waals surface area contributed by atoms with Gasteiger partial charge in [-0.25, -0.2) is 0 Å². The van der Waals surface area contributed by atoms with Crippen molar-refractivity contribution in [1.82, 2.24) is 0 Å². The van der Waals surface area contributed by atoms with Gasteiger partial charge in [0.05, 0.1) is 5.60 Å². The molecule has 0 amide bonds. The van der Waals surface area contributed by atoms with Crippen LogP contribution in [0.3, 0.4) is 0 Å². The SMILES string of the molecule is CCC(CC)CC(C)(O)CC(OC)OC. The van der Waals surface area contributed by atoms with Crippen LogP contribution in [0.2, 0.25) is 0 Å². The van der Waals surface area contributed by atoms with Crippen molar-refractivity contribution < 1.29 is 14.6 Å². The topological polar surface area (TPSA) is 38.7 Å². The summed E-state index contributed by atoms with van der Waals surface area (Å²) in [4.78, 5) is 0. The van der Waals surface area contributed by atoms with E-state index in [1.807, 2.05) is 6.92 Å².